The Kier molecular flexibility index (Phi) is 3.39. The van der Waals surface area contributed by atoms with E-state index in [1.54, 1.807) is 0 Å². The Morgan fingerprint density at radius 3 is 2.50 bits per heavy atom. The van der Waals surface area contributed by atoms with E-state index in [-0.39, 0.29) is 5.41 Å². The minimum absolute atomic E-state index is 0.247. The van der Waals surface area contributed by atoms with Gasteiger partial charge in [0.05, 0.1) is 6.61 Å². The highest BCUT2D eigenvalue weighted by atomic mass is 16.5. The molecule has 1 aromatic rings. The number of aldehydes is 1. The molecule has 1 aromatic carbocycles. The molecule has 0 atom stereocenters. The van der Waals surface area contributed by atoms with Crippen LogP contribution in [0.3, 0.4) is 0 Å². The first-order valence-electron chi connectivity index (χ1n) is 5.94. The fraction of sp³-hybridized carbons (Fsp3) is 0.500. The number of ether oxygens (including phenoxy) is 1. The summed E-state index contributed by atoms with van der Waals surface area (Å²) in [6.45, 7) is 3.79. The molecule has 86 valence electrons. The lowest BCUT2D eigenvalue weighted by Gasteiger charge is -2.15. The number of rotatable bonds is 6. The predicted octanol–water partition coefficient (Wildman–Crippen LogP) is 2.96. The first-order chi connectivity index (χ1) is 7.80. The van der Waals surface area contributed by atoms with E-state index in [9.17, 15) is 4.79 Å². The molecule has 2 heteroatoms. The quantitative estimate of drug-likeness (QED) is 0.542. The zero-order chi connectivity index (χ0) is 11.4. The first kappa shape index (κ1) is 11.3. The van der Waals surface area contributed by atoms with Gasteiger partial charge in [-0.3, -0.25) is 4.79 Å². The van der Waals surface area contributed by atoms with Gasteiger partial charge in [-0.25, -0.2) is 0 Å². The van der Waals surface area contributed by atoms with Gasteiger partial charge in [-0.05, 0) is 24.8 Å². The highest BCUT2D eigenvalue weighted by molar-refractivity contribution is 5.74. The van der Waals surface area contributed by atoms with Crippen LogP contribution in [-0.2, 0) is 10.2 Å². The van der Waals surface area contributed by atoms with Crippen molar-refractivity contribution in [3.63, 3.8) is 0 Å². The van der Waals surface area contributed by atoms with Gasteiger partial charge in [-0.1, -0.05) is 31.2 Å². The topological polar surface area (TPSA) is 26.3 Å². The van der Waals surface area contributed by atoms with Gasteiger partial charge >= 0.3 is 0 Å². The van der Waals surface area contributed by atoms with Gasteiger partial charge in [0, 0.05) is 17.6 Å². The third-order valence-electron chi connectivity index (χ3n) is 3.24. The second kappa shape index (κ2) is 4.79. The van der Waals surface area contributed by atoms with E-state index in [0.717, 1.165) is 31.5 Å². The summed E-state index contributed by atoms with van der Waals surface area (Å²) in [5.41, 5.74) is 2.31. The zero-order valence-electron chi connectivity index (χ0n) is 9.74. The molecule has 0 spiro atoms. The van der Waals surface area contributed by atoms with Gasteiger partial charge in [-0.15, -0.1) is 0 Å². The van der Waals surface area contributed by atoms with Crippen molar-refractivity contribution in [2.75, 3.05) is 13.2 Å². The number of carbonyl (C=O) groups excluding carboxylic acids is 1. The van der Waals surface area contributed by atoms with Gasteiger partial charge < -0.3 is 4.74 Å². The molecule has 1 saturated carbocycles. The van der Waals surface area contributed by atoms with E-state index in [0.29, 0.717) is 0 Å². The maximum atomic E-state index is 10.6. The van der Waals surface area contributed by atoms with Gasteiger partial charge in [0.2, 0.25) is 0 Å². The molecular weight excluding hydrogens is 200 g/mol. The minimum atomic E-state index is 0.247. The van der Waals surface area contributed by atoms with Crippen LogP contribution in [-0.4, -0.2) is 19.5 Å². The summed E-state index contributed by atoms with van der Waals surface area (Å²) < 4.78 is 5.65. The fourth-order valence-electron chi connectivity index (χ4n) is 1.99. The summed E-state index contributed by atoms with van der Waals surface area (Å²) in [6, 6.07) is 7.91. The van der Waals surface area contributed by atoms with Crippen LogP contribution in [0.2, 0.25) is 0 Å². The predicted molar refractivity (Wildman–Crippen MR) is 63.9 cm³/mol. The van der Waals surface area contributed by atoms with Crippen molar-refractivity contribution in [2.45, 2.75) is 31.6 Å². The average Bonchev–Trinajstić information content (AvgIpc) is 3.11. The summed E-state index contributed by atoms with van der Waals surface area (Å²) in [5.74, 6) is 0. The van der Waals surface area contributed by atoms with E-state index in [2.05, 4.69) is 19.1 Å². The Morgan fingerprint density at radius 2 is 2.00 bits per heavy atom. The molecule has 0 heterocycles. The molecule has 1 aliphatic carbocycles. The minimum Gasteiger partial charge on any atom is -0.381 e. The van der Waals surface area contributed by atoms with Gasteiger partial charge in [0.1, 0.15) is 6.29 Å². The van der Waals surface area contributed by atoms with E-state index in [1.165, 1.54) is 18.4 Å². The van der Waals surface area contributed by atoms with Crippen molar-refractivity contribution in [3.05, 3.63) is 35.4 Å². The molecule has 0 amide bonds. The molecular formula is C14H18O2. The molecule has 0 N–H and O–H groups in total. The van der Waals surface area contributed by atoms with Crippen molar-refractivity contribution < 1.29 is 9.53 Å². The monoisotopic (exact) mass is 218 g/mol. The Hall–Kier alpha value is -1.15. The Labute approximate surface area is 96.6 Å². The van der Waals surface area contributed by atoms with Crippen molar-refractivity contribution in [1.82, 2.24) is 0 Å². The lowest BCUT2D eigenvalue weighted by molar-refractivity contribution is 0.112. The number of hydrogen-bond acceptors (Lipinski definition) is 2. The third kappa shape index (κ3) is 2.33. The largest absolute Gasteiger partial charge is 0.381 e. The van der Waals surface area contributed by atoms with Gasteiger partial charge in [0.25, 0.3) is 0 Å². The van der Waals surface area contributed by atoms with Crippen LogP contribution < -0.4 is 0 Å². The second-order valence-electron chi connectivity index (χ2n) is 4.57. The normalized spacial score (nSPS) is 17.1. The Bertz CT molecular complexity index is 350. The van der Waals surface area contributed by atoms with Crippen molar-refractivity contribution in [2.24, 2.45) is 0 Å². The van der Waals surface area contributed by atoms with E-state index < -0.39 is 0 Å². The summed E-state index contributed by atoms with van der Waals surface area (Å²) in [6.07, 6.45) is 4.37. The molecule has 2 rings (SSSR count). The van der Waals surface area contributed by atoms with Crippen LogP contribution in [0.1, 0.15) is 42.1 Å². The Morgan fingerprint density at radius 1 is 1.31 bits per heavy atom. The molecule has 16 heavy (non-hydrogen) atoms. The van der Waals surface area contributed by atoms with E-state index in [4.69, 9.17) is 4.74 Å². The first-order valence-corrected chi connectivity index (χ1v) is 5.94. The SMILES string of the molecule is CCCOCC1(c2ccc(C=O)cc2)CC1. The van der Waals surface area contributed by atoms with Crippen LogP contribution >= 0.6 is 0 Å². The van der Waals surface area contributed by atoms with Crippen molar-refractivity contribution in [1.29, 1.82) is 0 Å². The van der Waals surface area contributed by atoms with Crippen LogP contribution in [0.25, 0.3) is 0 Å². The van der Waals surface area contributed by atoms with E-state index >= 15 is 0 Å². The molecule has 0 aromatic heterocycles. The maximum Gasteiger partial charge on any atom is 0.150 e. The smallest absolute Gasteiger partial charge is 0.150 e. The lowest BCUT2D eigenvalue weighted by atomic mass is 9.96. The summed E-state index contributed by atoms with van der Waals surface area (Å²) >= 11 is 0. The second-order valence-corrected chi connectivity index (χ2v) is 4.57. The summed E-state index contributed by atoms with van der Waals surface area (Å²) in [7, 11) is 0. The molecule has 0 unspecified atom stereocenters. The third-order valence-corrected chi connectivity index (χ3v) is 3.24. The molecule has 0 radical (unpaired) electrons. The fourth-order valence-corrected chi connectivity index (χ4v) is 1.99. The molecule has 2 nitrogen and oxygen atoms in total. The van der Waals surface area contributed by atoms with Gasteiger partial charge in [0.15, 0.2) is 0 Å². The molecule has 0 aliphatic heterocycles. The molecule has 1 aliphatic rings. The standard InChI is InChI=1S/C14H18O2/c1-2-9-16-11-14(7-8-14)13-5-3-12(10-15)4-6-13/h3-6,10H,2,7-9,11H2,1H3. The van der Waals surface area contributed by atoms with Crippen LogP contribution in [0, 0.1) is 0 Å². The van der Waals surface area contributed by atoms with Crippen LogP contribution in [0.5, 0.6) is 0 Å². The number of carbonyl (C=O) groups is 1. The number of benzene rings is 1. The van der Waals surface area contributed by atoms with Crippen molar-refractivity contribution >= 4 is 6.29 Å². The summed E-state index contributed by atoms with van der Waals surface area (Å²) in [5, 5.41) is 0. The van der Waals surface area contributed by atoms with Crippen LogP contribution in [0.4, 0.5) is 0 Å². The van der Waals surface area contributed by atoms with Crippen LogP contribution in [0.15, 0.2) is 24.3 Å². The zero-order valence-corrected chi connectivity index (χ0v) is 9.74. The average molecular weight is 218 g/mol. The maximum absolute atomic E-state index is 10.6. The Balaban J connectivity index is 2.02. The lowest BCUT2D eigenvalue weighted by Crippen LogP contribution is -2.15. The van der Waals surface area contributed by atoms with Gasteiger partial charge in [-0.2, -0.15) is 0 Å². The summed E-state index contributed by atoms with van der Waals surface area (Å²) in [4.78, 5) is 10.6. The molecule has 0 bridgehead atoms. The van der Waals surface area contributed by atoms with E-state index in [1.807, 2.05) is 12.1 Å². The van der Waals surface area contributed by atoms with Crippen molar-refractivity contribution in [3.8, 4) is 0 Å². The highest BCUT2D eigenvalue weighted by Crippen LogP contribution is 2.48. The number of hydrogen-bond donors (Lipinski definition) is 0. The molecule has 0 saturated heterocycles. The molecule has 1 fully saturated rings. The highest BCUT2D eigenvalue weighted by Gasteiger charge is 2.44.